The predicted molar refractivity (Wildman–Crippen MR) is 63.7 cm³/mol. The Labute approximate surface area is 101 Å². The molecule has 0 radical (unpaired) electrons. The number of rotatable bonds is 7. The summed E-state index contributed by atoms with van der Waals surface area (Å²) in [5, 5.41) is 12.7. The molecule has 0 aliphatic carbocycles. The topological polar surface area (TPSA) is 32.3 Å². The second kappa shape index (κ2) is 7.35. The number of benzene rings is 1. The zero-order valence-electron chi connectivity index (χ0n) is 10.0. The fourth-order valence-corrected chi connectivity index (χ4v) is 1.67. The first kappa shape index (κ1) is 14.1. The van der Waals surface area contributed by atoms with Crippen molar-refractivity contribution in [2.24, 2.45) is 0 Å². The monoisotopic (exact) mass is 243 g/mol. The molecular weight excluding hydrogens is 224 g/mol. The quantitative estimate of drug-likeness (QED) is 0.722. The second-order valence-electron chi connectivity index (χ2n) is 4.06. The summed E-state index contributed by atoms with van der Waals surface area (Å²) >= 11 is 0. The Morgan fingerprint density at radius 2 is 1.88 bits per heavy atom. The molecule has 1 rings (SSSR count). The van der Waals surface area contributed by atoms with E-state index < -0.39 is 17.7 Å². The highest BCUT2D eigenvalue weighted by Crippen LogP contribution is 2.19. The van der Waals surface area contributed by atoms with Crippen LogP contribution in [0.2, 0.25) is 0 Å². The van der Waals surface area contributed by atoms with Crippen LogP contribution in [0.3, 0.4) is 0 Å². The van der Waals surface area contributed by atoms with Gasteiger partial charge in [-0.25, -0.2) is 8.78 Å². The van der Waals surface area contributed by atoms with Crippen molar-refractivity contribution in [3.63, 3.8) is 0 Å². The summed E-state index contributed by atoms with van der Waals surface area (Å²) in [5.41, 5.74) is -0.254. The highest BCUT2D eigenvalue weighted by atomic mass is 19.1. The first-order valence-corrected chi connectivity index (χ1v) is 5.99. The molecule has 0 aliphatic heterocycles. The van der Waals surface area contributed by atoms with E-state index in [1.54, 1.807) is 0 Å². The van der Waals surface area contributed by atoms with E-state index in [4.69, 9.17) is 0 Å². The van der Waals surface area contributed by atoms with E-state index in [9.17, 15) is 13.9 Å². The number of aliphatic hydroxyl groups is 1. The van der Waals surface area contributed by atoms with Gasteiger partial charge in [0.15, 0.2) is 0 Å². The summed E-state index contributed by atoms with van der Waals surface area (Å²) in [4.78, 5) is 0. The minimum atomic E-state index is -1.14. The van der Waals surface area contributed by atoms with E-state index in [0.29, 0.717) is 0 Å². The number of halogens is 2. The molecule has 1 unspecified atom stereocenters. The maximum atomic E-state index is 13.3. The molecule has 4 heteroatoms. The van der Waals surface area contributed by atoms with Crippen molar-refractivity contribution in [3.05, 3.63) is 35.4 Å². The Morgan fingerprint density at radius 3 is 2.47 bits per heavy atom. The molecule has 0 bridgehead atoms. The van der Waals surface area contributed by atoms with Gasteiger partial charge >= 0.3 is 0 Å². The summed E-state index contributed by atoms with van der Waals surface area (Å²) in [6.07, 6.45) is 2.09. The lowest BCUT2D eigenvalue weighted by molar-refractivity contribution is 0.165. The standard InChI is InChI=1S/C13H19F2NO/c1-2-3-4-8-16-9-12(17)13-10(14)6-5-7-11(13)15/h5-7,12,16-17H,2-4,8-9H2,1H3. The van der Waals surface area contributed by atoms with Gasteiger partial charge in [-0.2, -0.15) is 0 Å². The molecule has 2 nitrogen and oxygen atoms in total. The predicted octanol–water partition coefficient (Wildman–Crippen LogP) is 2.78. The minimum absolute atomic E-state index is 0.168. The van der Waals surface area contributed by atoms with Crippen LogP contribution < -0.4 is 5.32 Å². The van der Waals surface area contributed by atoms with Gasteiger partial charge in [0, 0.05) is 6.54 Å². The summed E-state index contributed by atoms with van der Waals surface area (Å²) in [7, 11) is 0. The lowest BCUT2D eigenvalue weighted by Gasteiger charge is -2.13. The number of hydrogen-bond donors (Lipinski definition) is 2. The average Bonchev–Trinajstić information content (AvgIpc) is 2.28. The van der Waals surface area contributed by atoms with E-state index in [0.717, 1.165) is 37.9 Å². The molecule has 0 spiro atoms. The molecule has 0 aromatic heterocycles. The molecule has 96 valence electrons. The van der Waals surface area contributed by atoms with Crippen LogP contribution in [0.25, 0.3) is 0 Å². The molecule has 0 saturated heterocycles. The molecule has 0 heterocycles. The second-order valence-corrected chi connectivity index (χ2v) is 4.06. The Hall–Kier alpha value is -1.00. The average molecular weight is 243 g/mol. The molecule has 0 aliphatic rings. The maximum Gasteiger partial charge on any atom is 0.131 e. The van der Waals surface area contributed by atoms with E-state index in [1.807, 2.05) is 0 Å². The van der Waals surface area contributed by atoms with Crippen molar-refractivity contribution in [2.45, 2.75) is 32.3 Å². The van der Waals surface area contributed by atoms with Crippen molar-refractivity contribution in [1.82, 2.24) is 5.32 Å². The fourth-order valence-electron chi connectivity index (χ4n) is 1.67. The molecule has 0 fully saturated rings. The highest BCUT2D eigenvalue weighted by molar-refractivity contribution is 5.22. The normalized spacial score (nSPS) is 12.7. The lowest BCUT2D eigenvalue weighted by atomic mass is 10.1. The van der Waals surface area contributed by atoms with Gasteiger partial charge in [-0.15, -0.1) is 0 Å². The molecule has 1 atom stereocenters. The molecule has 2 N–H and O–H groups in total. The van der Waals surface area contributed by atoms with Crippen molar-refractivity contribution < 1.29 is 13.9 Å². The smallest absolute Gasteiger partial charge is 0.131 e. The van der Waals surface area contributed by atoms with E-state index >= 15 is 0 Å². The van der Waals surface area contributed by atoms with Crippen LogP contribution >= 0.6 is 0 Å². The van der Waals surface area contributed by atoms with Gasteiger partial charge in [-0.1, -0.05) is 25.8 Å². The van der Waals surface area contributed by atoms with Gasteiger partial charge in [0.05, 0.1) is 11.7 Å². The van der Waals surface area contributed by atoms with Crippen LogP contribution in [0.1, 0.15) is 37.9 Å². The van der Waals surface area contributed by atoms with Gasteiger partial charge in [0.1, 0.15) is 11.6 Å². The third-order valence-corrected chi connectivity index (χ3v) is 2.63. The van der Waals surface area contributed by atoms with Crippen LogP contribution in [-0.2, 0) is 0 Å². The molecule has 17 heavy (non-hydrogen) atoms. The van der Waals surface area contributed by atoms with Gasteiger partial charge in [-0.3, -0.25) is 0 Å². The van der Waals surface area contributed by atoms with Crippen molar-refractivity contribution in [1.29, 1.82) is 0 Å². The number of unbranched alkanes of at least 4 members (excludes halogenated alkanes) is 2. The zero-order valence-corrected chi connectivity index (χ0v) is 10.0. The van der Waals surface area contributed by atoms with Gasteiger partial charge in [0.25, 0.3) is 0 Å². The van der Waals surface area contributed by atoms with Gasteiger partial charge in [-0.05, 0) is 25.1 Å². The van der Waals surface area contributed by atoms with Gasteiger partial charge in [0.2, 0.25) is 0 Å². The van der Waals surface area contributed by atoms with Gasteiger partial charge < -0.3 is 10.4 Å². The van der Waals surface area contributed by atoms with Crippen molar-refractivity contribution in [2.75, 3.05) is 13.1 Å². The molecule has 1 aromatic carbocycles. The number of nitrogens with one attached hydrogen (secondary N) is 1. The highest BCUT2D eigenvalue weighted by Gasteiger charge is 2.16. The Morgan fingerprint density at radius 1 is 1.24 bits per heavy atom. The number of aliphatic hydroxyl groups excluding tert-OH is 1. The van der Waals surface area contributed by atoms with Crippen LogP contribution in [0.15, 0.2) is 18.2 Å². The maximum absolute atomic E-state index is 13.3. The minimum Gasteiger partial charge on any atom is -0.387 e. The van der Waals surface area contributed by atoms with Crippen LogP contribution in [-0.4, -0.2) is 18.2 Å². The Balaban J connectivity index is 2.44. The van der Waals surface area contributed by atoms with E-state index in [-0.39, 0.29) is 12.1 Å². The summed E-state index contributed by atoms with van der Waals surface area (Å²) in [5.74, 6) is -1.40. The van der Waals surface area contributed by atoms with Crippen molar-refractivity contribution >= 4 is 0 Å². The SMILES string of the molecule is CCCCCNCC(O)c1c(F)cccc1F. The summed E-state index contributed by atoms with van der Waals surface area (Å²) in [6.45, 7) is 3.02. The fraction of sp³-hybridized carbons (Fsp3) is 0.538. The van der Waals surface area contributed by atoms with E-state index in [2.05, 4.69) is 12.2 Å². The Kier molecular flexibility index (Phi) is 6.08. The molecular formula is C13H19F2NO. The number of hydrogen-bond acceptors (Lipinski definition) is 2. The lowest BCUT2D eigenvalue weighted by Crippen LogP contribution is -2.23. The van der Waals surface area contributed by atoms with Crippen LogP contribution in [0.4, 0.5) is 8.78 Å². The van der Waals surface area contributed by atoms with Crippen molar-refractivity contribution in [3.8, 4) is 0 Å². The third kappa shape index (κ3) is 4.40. The third-order valence-electron chi connectivity index (χ3n) is 2.63. The Bertz CT molecular complexity index is 324. The molecule has 0 saturated carbocycles. The first-order valence-electron chi connectivity index (χ1n) is 5.99. The van der Waals surface area contributed by atoms with Crippen LogP contribution in [0.5, 0.6) is 0 Å². The molecule has 1 aromatic rings. The summed E-state index contributed by atoms with van der Waals surface area (Å²) in [6, 6.07) is 3.59. The molecule has 0 amide bonds. The first-order chi connectivity index (χ1) is 8.16. The summed E-state index contributed by atoms with van der Waals surface area (Å²) < 4.78 is 26.6. The zero-order chi connectivity index (χ0) is 12.7. The van der Waals surface area contributed by atoms with Crippen LogP contribution in [0, 0.1) is 11.6 Å². The largest absolute Gasteiger partial charge is 0.387 e. The van der Waals surface area contributed by atoms with E-state index in [1.165, 1.54) is 6.07 Å².